The molecular weight excluding hydrogens is 260 g/mol. The molecule has 0 saturated carbocycles. The number of hydrogen-bond donors (Lipinski definition) is 0. The van der Waals surface area contributed by atoms with Gasteiger partial charge in [-0.2, -0.15) is 0 Å². The van der Waals surface area contributed by atoms with Crippen LogP contribution in [0.4, 0.5) is 0 Å². The Morgan fingerprint density at radius 3 is 2.60 bits per heavy atom. The lowest BCUT2D eigenvalue weighted by atomic mass is 9.96. The summed E-state index contributed by atoms with van der Waals surface area (Å²) in [5.41, 5.74) is 0.682. The number of fused-ring (bicyclic) bond motifs is 3. The molecule has 0 fully saturated rings. The van der Waals surface area contributed by atoms with Gasteiger partial charge in [0.15, 0.2) is 0 Å². The highest BCUT2D eigenvalue weighted by Crippen LogP contribution is 2.39. The van der Waals surface area contributed by atoms with E-state index in [1.165, 1.54) is 11.3 Å². The number of hydrogen-bond acceptors (Lipinski definition) is 1. The predicted octanol–water partition coefficient (Wildman–Crippen LogP) is 6.03. The van der Waals surface area contributed by atoms with Gasteiger partial charge in [-0.05, 0) is 35.7 Å². The van der Waals surface area contributed by atoms with Crippen LogP contribution >= 0.6 is 11.3 Å². The van der Waals surface area contributed by atoms with Gasteiger partial charge in [-0.15, -0.1) is 11.3 Å². The van der Waals surface area contributed by atoms with E-state index in [9.17, 15) is 0 Å². The quantitative estimate of drug-likeness (QED) is 0.400. The molecular formula is C19H14S. The molecule has 0 nitrogen and oxygen atoms in total. The summed E-state index contributed by atoms with van der Waals surface area (Å²) < 4.78 is 66.6. The fourth-order valence-electron chi connectivity index (χ4n) is 2.40. The normalized spacial score (nSPS) is 16.9. The number of rotatable bonds is 1. The molecule has 0 unspecified atom stereocenters. The van der Waals surface area contributed by atoms with Gasteiger partial charge in [0.25, 0.3) is 0 Å². The van der Waals surface area contributed by atoms with Crippen molar-refractivity contribution >= 4 is 31.5 Å². The Kier molecular flexibility index (Phi) is 1.36. The minimum atomic E-state index is -0.491. The monoisotopic (exact) mass is 282 g/mol. The zero-order valence-electron chi connectivity index (χ0n) is 18.6. The molecule has 4 rings (SSSR count). The molecule has 0 aliphatic heterocycles. The Bertz CT molecular complexity index is 1280. The Hall–Kier alpha value is -2.12. The van der Waals surface area contributed by atoms with E-state index < -0.39 is 18.1 Å². The van der Waals surface area contributed by atoms with Crippen LogP contribution in [0, 0.1) is 6.92 Å². The van der Waals surface area contributed by atoms with Gasteiger partial charge in [-0.25, -0.2) is 0 Å². The summed E-state index contributed by atoms with van der Waals surface area (Å²) in [6.45, 7) is 1.73. The van der Waals surface area contributed by atoms with Crippen LogP contribution in [0.25, 0.3) is 31.3 Å². The fraction of sp³-hybridized carbons (Fsp3) is 0.0526. The highest BCUT2D eigenvalue weighted by molar-refractivity contribution is 7.25. The van der Waals surface area contributed by atoms with E-state index in [1.807, 2.05) is 6.07 Å². The van der Waals surface area contributed by atoms with Crippen LogP contribution in [0.15, 0.2) is 66.5 Å². The van der Waals surface area contributed by atoms with E-state index in [4.69, 9.17) is 11.0 Å². The van der Waals surface area contributed by atoms with Crippen molar-refractivity contribution in [1.82, 2.24) is 0 Å². The van der Waals surface area contributed by atoms with E-state index in [2.05, 4.69) is 0 Å². The van der Waals surface area contributed by atoms with Crippen molar-refractivity contribution in [2.45, 2.75) is 6.92 Å². The summed E-state index contributed by atoms with van der Waals surface area (Å²) in [6, 6.07) is 3.13. The molecule has 0 atom stereocenters. The van der Waals surface area contributed by atoms with E-state index >= 15 is 0 Å². The first kappa shape index (κ1) is 6.11. The van der Waals surface area contributed by atoms with Gasteiger partial charge in [0.2, 0.25) is 0 Å². The second kappa shape index (κ2) is 4.46. The van der Waals surface area contributed by atoms with Gasteiger partial charge in [0.05, 0.1) is 11.0 Å². The molecule has 1 heteroatoms. The summed E-state index contributed by atoms with van der Waals surface area (Å²) in [5.74, 6) is 0. The van der Waals surface area contributed by atoms with Crippen LogP contribution in [0.3, 0.4) is 0 Å². The zero-order valence-corrected chi connectivity index (χ0v) is 11.5. The lowest BCUT2D eigenvalue weighted by Gasteiger charge is -2.07. The van der Waals surface area contributed by atoms with E-state index in [1.54, 1.807) is 19.1 Å². The van der Waals surface area contributed by atoms with Crippen LogP contribution < -0.4 is 0 Å². The fourth-order valence-corrected chi connectivity index (χ4v) is 3.48. The predicted molar refractivity (Wildman–Crippen MR) is 89.5 cm³/mol. The standard InChI is InChI=1S/C19H14S/c1-13-15(14-7-3-2-4-8-14)11-12-18-19(13)16-9-5-6-10-17(16)20-18/h2-12H,1H3/i2D,3D,4D,7D,8D,10D,11D,12D. The molecule has 0 aliphatic carbocycles. The van der Waals surface area contributed by atoms with Crippen molar-refractivity contribution in [2.24, 2.45) is 0 Å². The Balaban J connectivity index is 2.25. The number of thiophene rings is 1. The molecule has 1 aromatic heterocycles. The van der Waals surface area contributed by atoms with Gasteiger partial charge >= 0.3 is 0 Å². The molecule has 96 valence electrons. The summed E-state index contributed by atoms with van der Waals surface area (Å²) in [4.78, 5) is 0. The maximum atomic E-state index is 8.51. The molecule has 1 heterocycles. The summed E-state index contributed by atoms with van der Waals surface area (Å²) in [5, 5.41) is 1.46. The highest BCUT2D eigenvalue weighted by Gasteiger charge is 2.10. The first-order chi connectivity index (χ1) is 13.2. The van der Waals surface area contributed by atoms with Crippen molar-refractivity contribution in [3.8, 4) is 11.1 Å². The van der Waals surface area contributed by atoms with Gasteiger partial charge in [-0.1, -0.05) is 54.5 Å². The highest BCUT2D eigenvalue weighted by atomic mass is 32.1. The second-order valence-electron chi connectivity index (χ2n) is 4.47. The Morgan fingerprint density at radius 1 is 0.900 bits per heavy atom. The third-order valence-corrected chi connectivity index (χ3v) is 4.37. The largest absolute Gasteiger partial charge is 0.135 e. The average molecular weight is 282 g/mol. The first-order valence-electron chi connectivity index (χ1n) is 10.2. The van der Waals surface area contributed by atoms with E-state index in [-0.39, 0.29) is 35.3 Å². The topological polar surface area (TPSA) is 0 Å². The van der Waals surface area contributed by atoms with Crippen LogP contribution in [0.2, 0.25) is 0 Å². The van der Waals surface area contributed by atoms with E-state index in [0.29, 0.717) is 26.4 Å². The van der Waals surface area contributed by atoms with Crippen molar-refractivity contribution in [3.63, 3.8) is 0 Å². The lowest BCUT2D eigenvalue weighted by molar-refractivity contribution is 1.52. The number of benzene rings is 3. The minimum Gasteiger partial charge on any atom is -0.135 e. The second-order valence-corrected chi connectivity index (χ2v) is 5.49. The smallest absolute Gasteiger partial charge is 0.0638 e. The third kappa shape index (κ3) is 1.67. The van der Waals surface area contributed by atoms with Crippen molar-refractivity contribution < 1.29 is 11.0 Å². The summed E-state index contributed by atoms with van der Waals surface area (Å²) in [7, 11) is 0. The lowest BCUT2D eigenvalue weighted by Crippen LogP contribution is -1.83. The maximum Gasteiger partial charge on any atom is 0.0638 e. The van der Waals surface area contributed by atoms with Crippen molar-refractivity contribution in [3.05, 3.63) is 72.1 Å². The molecule has 0 amide bonds. The first-order valence-corrected chi connectivity index (χ1v) is 6.97. The molecule has 0 N–H and O–H groups in total. The number of aryl methyl sites for hydroxylation is 1. The molecule has 0 saturated heterocycles. The Morgan fingerprint density at radius 2 is 1.75 bits per heavy atom. The molecule has 0 aliphatic rings. The molecule has 3 aromatic carbocycles. The average Bonchev–Trinajstić information content (AvgIpc) is 3.07. The van der Waals surface area contributed by atoms with Crippen molar-refractivity contribution in [2.75, 3.05) is 0 Å². The van der Waals surface area contributed by atoms with E-state index in [0.717, 1.165) is 5.39 Å². The van der Waals surface area contributed by atoms with Crippen LogP contribution in [-0.4, -0.2) is 0 Å². The molecule has 4 aromatic rings. The molecule has 20 heavy (non-hydrogen) atoms. The maximum absolute atomic E-state index is 8.51. The Labute approximate surface area is 133 Å². The molecule has 0 spiro atoms. The third-order valence-electron chi connectivity index (χ3n) is 3.32. The zero-order chi connectivity index (χ0) is 20.5. The summed E-state index contributed by atoms with van der Waals surface area (Å²) >= 11 is 1.27. The van der Waals surface area contributed by atoms with Gasteiger partial charge in [-0.3, -0.25) is 0 Å². The van der Waals surface area contributed by atoms with Gasteiger partial charge < -0.3 is 0 Å². The van der Waals surface area contributed by atoms with Gasteiger partial charge in [0, 0.05) is 20.2 Å². The molecule has 0 radical (unpaired) electrons. The van der Waals surface area contributed by atoms with Gasteiger partial charge in [0.1, 0.15) is 0 Å². The summed E-state index contributed by atoms with van der Waals surface area (Å²) in [6.07, 6.45) is 0. The van der Waals surface area contributed by atoms with Crippen LogP contribution in [-0.2, 0) is 0 Å². The van der Waals surface area contributed by atoms with Crippen LogP contribution in [0.1, 0.15) is 16.5 Å². The minimum absolute atomic E-state index is 0.0646. The van der Waals surface area contributed by atoms with Crippen LogP contribution in [0.5, 0.6) is 0 Å². The molecule has 0 bridgehead atoms. The van der Waals surface area contributed by atoms with Crippen molar-refractivity contribution in [1.29, 1.82) is 0 Å². The SMILES string of the molecule is [2H]c1c([2H])c([2H])c(-c2c([2H])c([2H])c3sc4c([2H])cccc4c3c2C)c([2H])c1[2H].